The van der Waals surface area contributed by atoms with Gasteiger partial charge < -0.3 is 20.3 Å². The van der Waals surface area contributed by atoms with E-state index in [1.54, 1.807) is 0 Å². The van der Waals surface area contributed by atoms with Crippen molar-refractivity contribution in [1.82, 2.24) is 15.5 Å². The molecule has 5 nitrogen and oxygen atoms in total. The lowest BCUT2D eigenvalue weighted by Crippen LogP contribution is -2.45. The van der Waals surface area contributed by atoms with E-state index in [0.717, 1.165) is 51.6 Å². The molecular weight excluding hydrogens is 264 g/mol. The fourth-order valence-electron chi connectivity index (χ4n) is 2.67. The molecule has 1 rings (SSSR count). The maximum absolute atomic E-state index is 5.78. The summed E-state index contributed by atoms with van der Waals surface area (Å²) in [7, 11) is 1.82. The Bertz CT molecular complexity index is 297. The van der Waals surface area contributed by atoms with Crippen molar-refractivity contribution in [2.24, 2.45) is 4.99 Å². The number of nitrogens with one attached hydrogen (secondary N) is 2. The van der Waals surface area contributed by atoms with E-state index in [4.69, 9.17) is 4.74 Å². The number of rotatable bonds is 9. The van der Waals surface area contributed by atoms with E-state index >= 15 is 0 Å². The van der Waals surface area contributed by atoms with Gasteiger partial charge in [-0.05, 0) is 52.2 Å². The summed E-state index contributed by atoms with van der Waals surface area (Å²) in [5, 5.41) is 6.76. The highest BCUT2D eigenvalue weighted by atomic mass is 16.5. The van der Waals surface area contributed by atoms with Crippen LogP contribution < -0.4 is 10.6 Å². The number of aliphatic imine (C=N–C) groups is 1. The van der Waals surface area contributed by atoms with Gasteiger partial charge in [-0.1, -0.05) is 13.8 Å². The van der Waals surface area contributed by atoms with Crippen LogP contribution in [0.5, 0.6) is 0 Å². The Morgan fingerprint density at radius 2 is 2.00 bits per heavy atom. The molecule has 0 aliphatic carbocycles. The van der Waals surface area contributed by atoms with Gasteiger partial charge in [0.25, 0.3) is 0 Å². The molecule has 1 fully saturated rings. The summed E-state index contributed by atoms with van der Waals surface area (Å²) in [5.41, 5.74) is -0.0274. The third-order valence-electron chi connectivity index (χ3n) is 4.24. The highest BCUT2D eigenvalue weighted by Crippen LogP contribution is 2.23. The molecular formula is C16H34N4O. The zero-order valence-corrected chi connectivity index (χ0v) is 14.4. The summed E-state index contributed by atoms with van der Waals surface area (Å²) in [6.07, 6.45) is 4.69. The largest absolute Gasteiger partial charge is 0.373 e. The van der Waals surface area contributed by atoms with Gasteiger partial charge in [0.1, 0.15) is 0 Å². The number of guanidine groups is 1. The van der Waals surface area contributed by atoms with Gasteiger partial charge in [-0.15, -0.1) is 0 Å². The van der Waals surface area contributed by atoms with Crippen LogP contribution in [0.25, 0.3) is 0 Å². The van der Waals surface area contributed by atoms with Gasteiger partial charge in [-0.2, -0.15) is 0 Å². The monoisotopic (exact) mass is 298 g/mol. The van der Waals surface area contributed by atoms with Gasteiger partial charge in [-0.25, -0.2) is 0 Å². The number of hydrogen-bond donors (Lipinski definition) is 2. The Labute approximate surface area is 130 Å². The number of unbranched alkanes of at least 4 members (excludes halogenated alkanes) is 1. The van der Waals surface area contributed by atoms with Crippen molar-refractivity contribution in [1.29, 1.82) is 0 Å². The van der Waals surface area contributed by atoms with Crippen LogP contribution in [0.1, 0.15) is 46.5 Å². The van der Waals surface area contributed by atoms with Crippen molar-refractivity contribution in [3.05, 3.63) is 0 Å². The van der Waals surface area contributed by atoms with E-state index in [2.05, 4.69) is 41.3 Å². The van der Waals surface area contributed by atoms with Crippen molar-refractivity contribution in [2.75, 3.05) is 46.4 Å². The van der Waals surface area contributed by atoms with Gasteiger partial charge in [-0.3, -0.25) is 4.99 Å². The Kier molecular flexibility index (Phi) is 8.69. The standard InChI is InChI=1S/C16H34N4O/c1-5-20(6-2)12-8-7-11-18-15(17-4)19-14-16(3)10-9-13-21-16/h5-14H2,1-4H3,(H2,17,18,19). The predicted octanol–water partition coefficient (Wildman–Crippen LogP) is 1.84. The quantitative estimate of drug-likeness (QED) is 0.387. The summed E-state index contributed by atoms with van der Waals surface area (Å²) in [4.78, 5) is 6.74. The van der Waals surface area contributed by atoms with E-state index in [0.29, 0.717) is 0 Å². The first-order chi connectivity index (χ1) is 10.1. The van der Waals surface area contributed by atoms with Gasteiger partial charge >= 0.3 is 0 Å². The van der Waals surface area contributed by atoms with Crippen molar-refractivity contribution in [3.63, 3.8) is 0 Å². The number of ether oxygens (including phenoxy) is 1. The molecule has 0 aromatic heterocycles. The average Bonchev–Trinajstić information content (AvgIpc) is 2.93. The van der Waals surface area contributed by atoms with Crippen LogP contribution in [-0.2, 0) is 4.74 Å². The fourth-order valence-corrected chi connectivity index (χ4v) is 2.67. The van der Waals surface area contributed by atoms with E-state index in [-0.39, 0.29) is 5.60 Å². The number of nitrogens with zero attached hydrogens (tertiary/aromatic N) is 2. The van der Waals surface area contributed by atoms with Gasteiger partial charge in [0.15, 0.2) is 5.96 Å². The lowest BCUT2D eigenvalue weighted by atomic mass is 10.0. The molecule has 0 aromatic rings. The van der Waals surface area contributed by atoms with Gasteiger partial charge in [0.05, 0.1) is 5.60 Å². The van der Waals surface area contributed by atoms with Crippen LogP contribution in [0.3, 0.4) is 0 Å². The first-order valence-electron chi connectivity index (χ1n) is 8.44. The number of hydrogen-bond acceptors (Lipinski definition) is 3. The van der Waals surface area contributed by atoms with Gasteiger partial charge in [0.2, 0.25) is 0 Å². The summed E-state index contributed by atoms with van der Waals surface area (Å²) in [6, 6.07) is 0. The van der Waals surface area contributed by atoms with Crippen LogP contribution in [0, 0.1) is 0 Å². The van der Waals surface area contributed by atoms with Crippen LogP contribution >= 0.6 is 0 Å². The summed E-state index contributed by atoms with van der Waals surface area (Å²) < 4.78 is 5.78. The Hall–Kier alpha value is -0.810. The average molecular weight is 298 g/mol. The molecule has 2 N–H and O–H groups in total. The Morgan fingerprint density at radius 1 is 1.24 bits per heavy atom. The van der Waals surface area contributed by atoms with Crippen molar-refractivity contribution in [2.45, 2.75) is 52.1 Å². The highest BCUT2D eigenvalue weighted by Gasteiger charge is 2.29. The second kappa shape index (κ2) is 10.0. The molecule has 1 saturated heterocycles. The normalized spacial score (nSPS) is 22.8. The summed E-state index contributed by atoms with van der Waals surface area (Å²) in [6.45, 7) is 12.8. The maximum atomic E-state index is 5.78. The molecule has 5 heteroatoms. The maximum Gasteiger partial charge on any atom is 0.191 e. The molecule has 1 unspecified atom stereocenters. The first kappa shape index (κ1) is 18.2. The first-order valence-corrected chi connectivity index (χ1v) is 8.44. The smallest absolute Gasteiger partial charge is 0.191 e. The molecule has 0 bridgehead atoms. The van der Waals surface area contributed by atoms with Crippen molar-refractivity contribution in [3.8, 4) is 0 Å². The topological polar surface area (TPSA) is 48.9 Å². The van der Waals surface area contributed by atoms with Crippen molar-refractivity contribution < 1.29 is 4.74 Å². The van der Waals surface area contributed by atoms with Crippen LogP contribution in [-0.4, -0.2) is 62.8 Å². The molecule has 21 heavy (non-hydrogen) atoms. The van der Waals surface area contributed by atoms with Crippen LogP contribution in [0.4, 0.5) is 0 Å². The van der Waals surface area contributed by atoms with Crippen LogP contribution in [0.2, 0.25) is 0 Å². The van der Waals surface area contributed by atoms with Gasteiger partial charge in [0, 0.05) is 26.7 Å². The molecule has 0 spiro atoms. The Balaban J connectivity index is 2.11. The third-order valence-corrected chi connectivity index (χ3v) is 4.24. The molecule has 1 aliphatic rings. The predicted molar refractivity (Wildman–Crippen MR) is 90.0 cm³/mol. The van der Waals surface area contributed by atoms with E-state index in [1.807, 2.05) is 7.05 Å². The molecule has 0 saturated carbocycles. The minimum Gasteiger partial charge on any atom is -0.373 e. The molecule has 1 atom stereocenters. The minimum atomic E-state index is -0.0274. The van der Waals surface area contributed by atoms with E-state index in [9.17, 15) is 0 Å². The lowest BCUT2D eigenvalue weighted by Gasteiger charge is -2.24. The second-order valence-electron chi connectivity index (χ2n) is 5.99. The third kappa shape index (κ3) is 7.14. The summed E-state index contributed by atoms with van der Waals surface area (Å²) >= 11 is 0. The van der Waals surface area contributed by atoms with Crippen LogP contribution in [0.15, 0.2) is 4.99 Å². The SMILES string of the molecule is CCN(CC)CCCCNC(=NC)NCC1(C)CCCO1. The molecule has 0 amide bonds. The zero-order chi connectivity index (χ0) is 15.6. The Morgan fingerprint density at radius 3 is 2.57 bits per heavy atom. The zero-order valence-electron chi connectivity index (χ0n) is 14.4. The van der Waals surface area contributed by atoms with E-state index in [1.165, 1.54) is 19.4 Å². The lowest BCUT2D eigenvalue weighted by molar-refractivity contribution is 0.0243. The molecule has 124 valence electrons. The second-order valence-corrected chi connectivity index (χ2v) is 5.99. The van der Waals surface area contributed by atoms with Crippen molar-refractivity contribution >= 4 is 5.96 Å². The molecule has 0 aromatic carbocycles. The molecule has 0 radical (unpaired) electrons. The molecule has 1 heterocycles. The minimum absolute atomic E-state index is 0.0274. The molecule has 1 aliphatic heterocycles. The summed E-state index contributed by atoms with van der Waals surface area (Å²) in [5.74, 6) is 0.884. The van der Waals surface area contributed by atoms with E-state index < -0.39 is 0 Å². The highest BCUT2D eigenvalue weighted by molar-refractivity contribution is 5.79. The fraction of sp³-hybridized carbons (Fsp3) is 0.938.